The first-order chi connectivity index (χ1) is 15.2. The molecule has 0 unspecified atom stereocenters. The second-order valence-corrected chi connectivity index (χ2v) is 9.24. The zero-order valence-electron chi connectivity index (χ0n) is 18.6. The van der Waals surface area contributed by atoms with Crippen LogP contribution in [0.25, 0.3) is 5.69 Å². The summed E-state index contributed by atoms with van der Waals surface area (Å²) in [6, 6.07) is 9.67. The zero-order chi connectivity index (χ0) is 23.4. The molecule has 3 rings (SSSR count). The summed E-state index contributed by atoms with van der Waals surface area (Å²) in [5, 5.41) is 20.1. The molecular weight excluding hydrogens is 496 g/mol. The lowest BCUT2D eigenvalue weighted by atomic mass is 10.1. The molecule has 170 valence electrons. The number of ether oxygens (including phenoxy) is 2. The van der Waals surface area contributed by atoms with Crippen LogP contribution in [-0.4, -0.2) is 39.9 Å². The Morgan fingerprint density at radius 2 is 1.91 bits per heavy atom. The maximum absolute atomic E-state index is 11.5. The van der Waals surface area contributed by atoms with Crippen LogP contribution in [-0.2, 0) is 0 Å². The Labute approximate surface area is 199 Å². The SMILES string of the molecule is CCOc1cc([C@H](C[N+](=O)[O-])Sc2nnc(C)n2-c2ccc(C)c(C)c2)c(Br)cc1OC. The molecule has 32 heavy (non-hydrogen) atoms. The number of thioether (sulfide) groups is 1. The molecule has 0 aliphatic carbocycles. The number of methoxy groups -OCH3 is 1. The van der Waals surface area contributed by atoms with E-state index in [0.717, 1.165) is 16.8 Å². The van der Waals surface area contributed by atoms with E-state index in [0.29, 0.717) is 33.6 Å². The van der Waals surface area contributed by atoms with Crippen LogP contribution in [0.4, 0.5) is 0 Å². The number of benzene rings is 2. The molecule has 1 atom stereocenters. The van der Waals surface area contributed by atoms with Gasteiger partial charge in [0, 0.05) is 15.1 Å². The van der Waals surface area contributed by atoms with Crippen LogP contribution in [0, 0.1) is 30.9 Å². The largest absolute Gasteiger partial charge is 0.493 e. The molecule has 3 aromatic rings. The highest BCUT2D eigenvalue weighted by Crippen LogP contribution is 2.43. The first kappa shape index (κ1) is 24.1. The van der Waals surface area contributed by atoms with Gasteiger partial charge in [-0.25, -0.2) is 0 Å². The quantitative estimate of drug-likeness (QED) is 0.209. The Hall–Kier alpha value is -2.59. The Morgan fingerprint density at radius 3 is 2.53 bits per heavy atom. The molecular formula is C22H25BrN4O4S. The highest BCUT2D eigenvalue weighted by atomic mass is 79.9. The van der Waals surface area contributed by atoms with Gasteiger partial charge in [0.25, 0.3) is 0 Å². The van der Waals surface area contributed by atoms with Crippen molar-refractivity contribution < 1.29 is 14.4 Å². The molecule has 0 radical (unpaired) electrons. The number of nitrogens with zero attached hydrogens (tertiary/aromatic N) is 4. The van der Waals surface area contributed by atoms with Crippen molar-refractivity contribution >= 4 is 27.7 Å². The molecule has 1 aromatic heterocycles. The number of halogens is 1. The van der Waals surface area contributed by atoms with Crippen LogP contribution in [0.15, 0.2) is 40.0 Å². The molecule has 0 aliphatic rings. The minimum atomic E-state index is -0.529. The normalized spacial score (nSPS) is 11.9. The van der Waals surface area contributed by atoms with E-state index in [9.17, 15) is 10.1 Å². The van der Waals surface area contributed by atoms with Crippen LogP contribution in [0.1, 0.15) is 34.7 Å². The maximum Gasteiger partial charge on any atom is 0.220 e. The van der Waals surface area contributed by atoms with Crippen LogP contribution in [0.2, 0.25) is 0 Å². The van der Waals surface area contributed by atoms with Crippen molar-refractivity contribution in [3.05, 3.63) is 67.4 Å². The van der Waals surface area contributed by atoms with Crippen LogP contribution < -0.4 is 9.47 Å². The number of hydrogen-bond donors (Lipinski definition) is 0. The second-order valence-electron chi connectivity index (χ2n) is 7.21. The number of aromatic nitrogens is 3. The van der Waals surface area contributed by atoms with Gasteiger partial charge in [0.05, 0.1) is 13.7 Å². The molecule has 0 amide bonds. The number of aryl methyl sites for hydroxylation is 3. The lowest BCUT2D eigenvalue weighted by molar-refractivity contribution is -0.479. The van der Waals surface area contributed by atoms with Crippen molar-refractivity contribution in [2.45, 2.75) is 38.1 Å². The smallest absolute Gasteiger partial charge is 0.220 e. The van der Waals surface area contributed by atoms with Gasteiger partial charge in [-0.2, -0.15) is 0 Å². The van der Waals surface area contributed by atoms with Gasteiger partial charge in [0.2, 0.25) is 6.54 Å². The average Bonchev–Trinajstić information content (AvgIpc) is 3.10. The lowest BCUT2D eigenvalue weighted by Gasteiger charge is -2.18. The summed E-state index contributed by atoms with van der Waals surface area (Å²) in [6.07, 6.45) is 0. The third-order valence-corrected chi connectivity index (χ3v) is 6.89. The molecule has 10 heteroatoms. The molecule has 0 saturated carbocycles. The van der Waals surface area contributed by atoms with Crippen molar-refractivity contribution in [3.8, 4) is 17.2 Å². The minimum absolute atomic E-state index is 0.292. The summed E-state index contributed by atoms with van der Waals surface area (Å²) in [7, 11) is 1.56. The highest BCUT2D eigenvalue weighted by Gasteiger charge is 2.27. The topological polar surface area (TPSA) is 92.3 Å². The highest BCUT2D eigenvalue weighted by molar-refractivity contribution is 9.10. The molecule has 0 spiro atoms. The van der Waals surface area contributed by atoms with Crippen molar-refractivity contribution in [1.29, 1.82) is 0 Å². The third-order valence-electron chi connectivity index (χ3n) is 5.04. The zero-order valence-corrected chi connectivity index (χ0v) is 21.0. The lowest BCUT2D eigenvalue weighted by Crippen LogP contribution is -2.12. The monoisotopic (exact) mass is 520 g/mol. The molecule has 8 nitrogen and oxygen atoms in total. The van der Waals surface area contributed by atoms with E-state index in [-0.39, 0.29) is 11.5 Å². The van der Waals surface area contributed by atoms with Gasteiger partial charge >= 0.3 is 0 Å². The van der Waals surface area contributed by atoms with Crippen LogP contribution in [0.3, 0.4) is 0 Å². The first-order valence-corrected chi connectivity index (χ1v) is 11.7. The van der Waals surface area contributed by atoms with E-state index in [1.165, 1.54) is 17.3 Å². The van der Waals surface area contributed by atoms with Gasteiger partial charge < -0.3 is 9.47 Å². The number of rotatable bonds is 9. The standard InChI is InChI=1S/C22H25BrN4O4S/c1-6-31-20-10-17(18(23)11-19(20)30-5)21(12-26(28)29)32-22-25-24-15(4)27(22)16-8-7-13(2)14(3)9-16/h7-11,21H,6,12H2,1-5H3/t21-/m0/s1. The molecule has 2 aromatic carbocycles. The Kier molecular flexibility index (Phi) is 7.78. The predicted molar refractivity (Wildman–Crippen MR) is 128 cm³/mol. The average molecular weight is 521 g/mol. The van der Waals surface area contributed by atoms with Gasteiger partial charge in [0.1, 0.15) is 11.1 Å². The Morgan fingerprint density at radius 1 is 1.16 bits per heavy atom. The van der Waals surface area contributed by atoms with Gasteiger partial charge in [-0.05, 0) is 68.7 Å². The summed E-state index contributed by atoms with van der Waals surface area (Å²) < 4.78 is 13.7. The van der Waals surface area contributed by atoms with Crippen LogP contribution >= 0.6 is 27.7 Å². The van der Waals surface area contributed by atoms with Crippen molar-refractivity contribution in [2.24, 2.45) is 0 Å². The predicted octanol–water partition coefficient (Wildman–Crippen LogP) is 5.47. The van der Waals surface area contributed by atoms with E-state index in [1.807, 2.05) is 37.5 Å². The van der Waals surface area contributed by atoms with E-state index in [1.54, 1.807) is 19.2 Å². The molecule has 0 saturated heterocycles. The van der Waals surface area contributed by atoms with Crippen molar-refractivity contribution in [2.75, 3.05) is 20.3 Å². The van der Waals surface area contributed by atoms with E-state index in [4.69, 9.17) is 9.47 Å². The van der Waals surface area contributed by atoms with Crippen molar-refractivity contribution in [1.82, 2.24) is 14.8 Å². The maximum atomic E-state index is 11.5. The van der Waals surface area contributed by atoms with Crippen LogP contribution in [0.5, 0.6) is 11.5 Å². The summed E-state index contributed by atoms with van der Waals surface area (Å²) in [6.45, 7) is 8.00. The minimum Gasteiger partial charge on any atom is -0.493 e. The Bertz CT molecular complexity index is 1140. The number of nitro groups is 1. The summed E-state index contributed by atoms with van der Waals surface area (Å²) in [5.74, 6) is 1.80. The molecule has 0 aliphatic heterocycles. The van der Waals surface area contributed by atoms with E-state index >= 15 is 0 Å². The summed E-state index contributed by atoms with van der Waals surface area (Å²) >= 11 is 4.85. The molecule has 0 N–H and O–H groups in total. The van der Waals surface area contributed by atoms with Gasteiger partial charge in [-0.1, -0.05) is 33.8 Å². The van der Waals surface area contributed by atoms with Gasteiger partial charge in [-0.3, -0.25) is 14.7 Å². The van der Waals surface area contributed by atoms with Gasteiger partial charge in [-0.15, -0.1) is 10.2 Å². The fourth-order valence-corrected chi connectivity index (χ4v) is 5.22. The molecule has 0 fully saturated rings. The first-order valence-electron chi connectivity index (χ1n) is 10.0. The van der Waals surface area contributed by atoms with Gasteiger partial charge in [0.15, 0.2) is 16.7 Å². The van der Waals surface area contributed by atoms with E-state index < -0.39 is 5.25 Å². The molecule has 0 bridgehead atoms. The van der Waals surface area contributed by atoms with E-state index in [2.05, 4.69) is 39.1 Å². The summed E-state index contributed by atoms with van der Waals surface area (Å²) in [5.41, 5.74) is 3.98. The van der Waals surface area contributed by atoms with Crippen molar-refractivity contribution in [3.63, 3.8) is 0 Å². The fourth-order valence-electron chi connectivity index (χ4n) is 3.27. The summed E-state index contributed by atoms with van der Waals surface area (Å²) in [4.78, 5) is 11.2. The molecule has 1 heterocycles. The Balaban J connectivity index is 2.06. The fraction of sp³-hybridized carbons (Fsp3) is 0.364. The second kappa shape index (κ2) is 10.4. The number of hydrogen-bond acceptors (Lipinski definition) is 7. The third kappa shape index (κ3) is 5.24.